The normalized spacial score (nSPS) is 16.4. The maximum Gasteiger partial charge on any atom is 0.414 e. The third-order valence-electron chi connectivity index (χ3n) is 4.82. The topological polar surface area (TPSA) is 63.7 Å². The van der Waals surface area contributed by atoms with E-state index in [0.29, 0.717) is 6.04 Å². The maximum atomic E-state index is 11.9. The van der Waals surface area contributed by atoms with Crippen LogP contribution in [0.2, 0.25) is 0 Å². The van der Waals surface area contributed by atoms with Crippen LogP contribution in [0.15, 0.2) is 30.3 Å². The van der Waals surface area contributed by atoms with Gasteiger partial charge < -0.3 is 19.7 Å². The summed E-state index contributed by atoms with van der Waals surface area (Å²) in [5.74, 6) is 1.14. The van der Waals surface area contributed by atoms with Gasteiger partial charge in [0.05, 0.1) is 5.52 Å². The molecule has 0 saturated carbocycles. The molecule has 0 radical (unpaired) electrons. The molecule has 2 aromatic rings. The summed E-state index contributed by atoms with van der Waals surface area (Å²) in [6, 6.07) is 10.0. The highest BCUT2D eigenvalue weighted by atomic mass is 16.6. The number of pyridine rings is 1. The van der Waals surface area contributed by atoms with Gasteiger partial charge in [0.15, 0.2) is 0 Å². The van der Waals surface area contributed by atoms with Crippen LogP contribution in [0.5, 0.6) is 11.6 Å². The van der Waals surface area contributed by atoms with Crippen LogP contribution in [-0.4, -0.2) is 46.8 Å². The molecule has 0 unspecified atom stereocenters. The van der Waals surface area contributed by atoms with E-state index in [1.165, 1.54) is 0 Å². The van der Waals surface area contributed by atoms with E-state index in [-0.39, 0.29) is 17.5 Å². The minimum Gasteiger partial charge on any atom is -0.490 e. The van der Waals surface area contributed by atoms with Gasteiger partial charge in [-0.2, -0.15) is 0 Å². The third kappa shape index (κ3) is 5.58. The molecule has 0 aliphatic carbocycles. The van der Waals surface area contributed by atoms with E-state index >= 15 is 0 Å². The predicted molar refractivity (Wildman–Crippen MR) is 111 cm³/mol. The Morgan fingerprint density at radius 3 is 2.54 bits per heavy atom. The van der Waals surface area contributed by atoms with E-state index in [4.69, 9.17) is 9.47 Å². The summed E-state index contributed by atoms with van der Waals surface area (Å²) in [6.45, 7) is 12.3. The van der Waals surface area contributed by atoms with E-state index in [2.05, 4.69) is 29.0 Å². The minimum atomic E-state index is -0.507. The number of amides is 1. The Kier molecular flexibility index (Phi) is 6.08. The second kappa shape index (κ2) is 8.35. The Balaban J connectivity index is 1.62. The second-order valence-corrected chi connectivity index (χ2v) is 8.72. The minimum absolute atomic E-state index is 0.254. The molecule has 3 rings (SSSR count). The van der Waals surface area contributed by atoms with Gasteiger partial charge in [-0.1, -0.05) is 0 Å². The quantitative estimate of drug-likeness (QED) is 0.846. The van der Waals surface area contributed by atoms with Crippen molar-refractivity contribution in [3.8, 4) is 11.6 Å². The van der Waals surface area contributed by atoms with Crippen LogP contribution in [0.25, 0.3) is 10.9 Å². The molecule has 1 aliphatic rings. The standard InChI is InChI=1S/C22H31N3O3/c1-15(2)25-12-10-17(11-13-25)27-18-7-8-19-16(14-18)6-9-20(23-19)28-21(26)24-22(3,4)5/h6-9,14-15,17H,10-13H2,1-5H3,(H,24,26). The number of ether oxygens (including phenoxy) is 2. The van der Waals surface area contributed by atoms with Crippen molar-refractivity contribution in [2.45, 2.75) is 65.1 Å². The fraction of sp³-hybridized carbons (Fsp3) is 0.545. The largest absolute Gasteiger partial charge is 0.490 e. The summed E-state index contributed by atoms with van der Waals surface area (Å²) < 4.78 is 11.5. The molecule has 1 aromatic carbocycles. The molecule has 1 amide bonds. The van der Waals surface area contributed by atoms with Gasteiger partial charge in [0.25, 0.3) is 0 Å². The monoisotopic (exact) mass is 385 g/mol. The SMILES string of the molecule is CC(C)N1CCC(Oc2ccc3nc(OC(=O)NC(C)(C)C)ccc3c2)CC1. The molecule has 2 heterocycles. The van der Waals surface area contributed by atoms with Crippen LogP contribution < -0.4 is 14.8 Å². The average molecular weight is 386 g/mol. The summed E-state index contributed by atoms with van der Waals surface area (Å²) in [6.07, 6.45) is 1.84. The van der Waals surface area contributed by atoms with Gasteiger partial charge in [-0.25, -0.2) is 9.78 Å². The lowest BCUT2D eigenvalue weighted by Crippen LogP contribution is -2.42. The van der Waals surface area contributed by atoms with Gasteiger partial charge in [-0.05, 0) is 71.7 Å². The van der Waals surface area contributed by atoms with Crippen LogP contribution >= 0.6 is 0 Å². The number of nitrogens with one attached hydrogen (secondary N) is 1. The van der Waals surface area contributed by atoms with Crippen LogP contribution in [-0.2, 0) is 0 Å². The first kappa shape index (κ1) is 20.4. The number of hydrogen-bond acceptors (Lipinski definition) is 5. The number of carbonyl (C=O) groups excluding carboxylic acids is 1. The molecule has 1 N–H and O–H groups in total. The highest BCUT2D eigenvalue weighted by molar-refractivity contribution is 5.81. The van der Waals surface area contributed by atoms with Gasteiger partial charge in [0.2, 0.25) is 5.88 Å². The van der Waals surface area contributed by atoms with Crippen molar-refractivity contribution in [2.75, 3.05) is 13.1 Å². The average Bonchev–Trinajstić information content (AvgIpc) is 2.60. The van der Waals surface area contributed by atoms with E-state index in [0.717, 1.165) is 42.6 Å². The Morgan fingerprint density at radius 2 is 1.89 bits per heavy atom. The van der Waals surface area contributed by atoms with Crippen molar-refractivity contribution in [3.63, 3.8) is 0 Å². The Hall–Kier alpha value is -2.34. The molecular formula is C22H31N3O3. The molecule has 6 nitrogen and oxygen atoms in total. The molecule has 1 aliphatic heterocycles. The van der Waals surface area contributed by atoms with Crippen molar-refractivity contribution < 1.29 is 14.3 Å². The fourth-order valence-corrected chi connectivity index (χ4v) is 3.34. The van der Waals surface area contributed by atoms with Gasteiger partial charge in [-0.3, -0.25) is 0 Å². The van der Waals surface area contributed by atoms with E-state index < -0.39 is 6.09 Å². The molecule has 1 aromatic heterocycles. The summed E-state index contributed by atoms with van der Waals surface area (Å²) in [4.78, 5) is 18.8. The summed E-state index contributed by atoms with van der Waals surface area (Å²) >= 11 is 0. The van der Waals surface area contributed by atoms with Crippen LogP contribution in [0, 0.1) is 0 Å². The van der Waals surface area contributed by atoms with E-state index in [1.54, 1.807) is 6.07 Å². The number of hydrogen-bond donors (Lipinski definition) is 1. The zero-order valence-electron chi connectivity index (χ0n) is 17.5. The number of benzene rings is 1. The first-order valence-electron chi connectivity index (χ1n) is 10.0. The van der Waals surface area contributed by atoms with Crippen LogP contribution in [0.1, 0.15) is 47.5 Å². The zero-order chi connectivity index (χ0) is 20.3. The molecular weight excluding hydrogens is 354 g/mol. The molecule has 1 saturated heterocycles. The fourth-order valence-electron chi connectivity index (χ4n) is 3.34. The highest BCUT2D eigenvalue weighted by Gasteiger charge is 2.22. The zero-order valence-corrected chi connectivity index (χ0v) is 17.5. The third-order valence-corrected chi connectivity index (χ3v) is 4.82. The molecule has 6 heteroatoms. The van der Waals surface area contributed by atoms with Crippen molar-refractivity contribution >= 4 is 17.0 Å². The first-order valence-corrected chi connectivity index (χ1v) is 10.0. The van der Waals surface area contributed by atoms with E-state index in [1.807, 2.05) is 45.0 Å². The highest BCUT2D eigenvalue weighted by Crippen LogP contribution is 2.25. The summed E-state index contributed by atoms with van der Waals surface area (Å²) in [5.41, 5.74) is 0.411. The van der Waals surface area contributed by atoms with Gasteiger partial charge >= 0.3 is 6.09 Å². The smallest absolute Gasteiger partial charge is 0.414 e. The van der Waals surface area contributed by atoms with Crippen molar-refractivity contribution in [1.82, 2.24) is 15.2 Å². The van der Waals surface area contributed by atoms with Crippen LogP contribution in [0.3, 0.4) is 0 Å². The molecule has 0 spiro atoms. The van der Waals surface area contributed by atoms with Gasteiger partial charge in [0, 0.05) is 36.1 Å². The first-order chi connectivity index (χ1) is 13.2. The number of likely N-dealkylation sites (tertiary alicyclic amines) is 1. The van der Waals surface area contributed by atoms with E-state index in [9.17, 15) is 4.79 Å². The maximum absolute atomic E-state index is 11.9. The van der Waals surface area contributed by atoms with Crippen LogP contribution in [0.4, 0.5) is 4.79 Å². The lowest BCUT2D eigenvalue weighted by molar-refractivity contribution is 0.0844. The van der Waals surface area contributed by atoms with Gasteiger partial charge in [-0.15, -0.1) is 0 Å². The number of rotatable bonds is 4. The number of fused-ring (bicyclic) bond motifs is 1. The van der Waals surface area contributed by atoms with Crippen molar-refractivity contribution in [3.05, 3.63) is 30.3 Å². The Morgan fingerprint density at radius 1 is 1.18 bits per heavy atom. The summed E-state index contributed by atoms with van der Waals surface area (Å²) in [7, 11) is 0. The predicted octanol–water partition coefficient (Wildman–Crippen LogP) is 4.37. The van der Waals surface area contributed by atoms with Gasteiger partial charge in [0.1, 0.15) is 11.9 Å². The second-order valence-electron chi connectivity index (χ2n) is 8.72. The van der Waals surface area contributed by atoms with Crippen molar-refractivity contribution in [2.24, 2.45) is 0 Å². The molecule has 1 fully saturated rings. The number of piperidine rings is 1. The number of nitrogens with zero attached hydrogens (tertiary/aromatic N) is 2. The Bertz CT molecular complexity index is 821. The molecule has 0 bridgehead atoms. The molecule has 152 valence electrons. The Labute approximate surface area is 167 Å². The number of carbonyl (C=O) groups is 1. The molecule has 28 heavy (non-hydrogen) atoms. The lowest BCUT2D eigenvalue weighted by Gasteiger charge is -2.34. The number of aromatic nitrogens is 1. The van der Waals surface area contributed by atoms with Crippen molar-refractivity contribution in [1.29, 1.82) is 0 Å². The molecule has 0 atom stereocenters. The lowest BCUT2D eigenvalue weighted by atomic mass is 10.1. The summed E-state index contributed by atoms with van der Waals surface area (Å²) in [5, 5.41) is 3.71.